The number of halogens is 6. The molecule has 0 atom stereocenters. The molecule has 4 aromatic carbocycles. The average molecular weight is 608 g/mol. The van der Waals surface area contributed by atoms with E-state index in [0.717, 1.165) is 60.7 Å². The number of ether oxygens (including phenoxy) is 2. The van der Waals surface area contributed by atoms with E-state index in [0.29, 0.717) is 24.3 Å². The van der Waals surface area contributed by atoms with Crippen molar-refractivity contribution < 1.29 is 45.7 Å². The Kier molecular flexibility index (Phi) is 7.81. The highest BCUT2D eigenvalue weighted by atomic mass is 19.4. The Morgan fingerprint density at radius 1 is 0.535 bits per heavy atom. The molecule has 0 aliphatic carbocycles. The Bertz CT molecular complexity index is 1550. The first-order valence-corrected chi connectivity index (χ1v) is 11.8. The van der Waals surface area contributed by atoms with E-state index in [2.05, 4.69) is 0 Å². The summed E-state index contributed by atoms with van der Waals surface area (Å²) in [6, 6.07) is 12.5. The topological polar surface area (TPSA) is 157 Å². The molecule has 224 valence electrons. The highest BCUT2D eigenvalue weighted by Crippen LogP contribution is 2.56. The van der Waals surface area contributed by atoms with Crippen LogP contribution in [-0.2, 0) is 5.41 Å². The van der Waals surface area contributed by atoms with Crippen LogP contribution >= 0.6 is 0 Å². The molecule has 43 heavy (non-hydrogen) atoms. The number of benzene rings is 4. The van der Waals surface area contributed by atoms with Gasteiger partial charge in [0.25, 0.3) is 11.4 Å². The normalized spacial score (nSPS) is 12.0. The number of nitrogens with zero attached hydrogens (tertiary/aromatic N) is 2. The molecule has 0 radical (unpaired) electrons. The number of nitrogen functional groups attached to an aromatic ring is 2. The predicted molar refractivity (Wildman–Crippen MR) is 141 cm³/mol. The van der Waals surface area contributed by atoms with Gasteiger partial charge in [-0.3, -0.25) is 20.2 Å². The fourth-order valence-electron chi connectivity index (χ4n) is 4.32. The Balaban J connectivity index is 1.69. The number of alkyl halides is 6. The number of nitro benzene ring substituents is 2. The fourth-order valence-corrected chi connectivity index (χ4v) is 4.32. The van der Waals surface area contributed by atoms with E-state index in [-0.39, 0.29) is 34.4 Å². The lowest BCUT2D eigenvalue weighted by atomic mass is 9.73. The fraction of sp³-hybridized carbons (Fsp3) is 0.111. The van der Waals surface area contributed by atoms with Gasteiger partial charge in [-0.2, -0.15) is 26.3 Å². The predicted octanol–water partition coefficient (Wildman–Crippen LogP) is 7.66. The zero-order valence-corrected chi connectivity index (χ0v) is 21.3. The van der Waals surface area contributed by atoms with Crippen LogP contribution in [0.4, 0.5) is 49.1 Å². The molecular weight excluding hydrogens is 590 g/mol. The van der Waals surface area contributed by atoms with Crippen LogP contribution in [0.15, 0.2) is 84.9 Å². The van der Waals surface area contributed by atoms with Crippen molar-refractivity contribution in [2.45, 2.75) is 17.8 Å². The molecule has 0 heterocycles. The first-order valence-electron chi connectivity index (χ1n) is 11.8. The van der Waals surface area contributed by atoms with Crippen molar-refractivity contribution in [2.75, 3.05) is 11.5 Å². The Hall–Kier alpha value is -5.54. The quantitative estimate of drug-likeness (QED) is 0.0893. The second-order valence-electron chi connectivity index (χ2n) is 8.95. The largest absolute Gasteiger partial charge is 0.457 e. The van der Waals surface area contributed by atoms with Crippen molar-refractivity contribution in [3.63, 3.8) is 0 Å². The highest BCUT2D eigenvalue weighted by molar-refractivity contribution is 5.62. The minimum atomic E-state index is -5.87. The maximum atomic E-state index is 14.5. The molecule has 0 fully saturated rings. The SMILES string of the molecule is Nc1cc(Oc2ccc(C(c3ccc(Oc4ccc([N+](=O)[O-])c(N)c4)cc3)(C(F)(F)F)C(F)(F)F)cc2)ccc1[N+](=O)[O-]. The molecular formula is C27H18F6N4O6. The number of nitro groups is 2. The van der Waals surface area contributed by atoms with Crippen molar-refractivity contribution in [1.29, 1.82) is 0 Å². The van der Waals surface area contributed by atoms with E-state index in [9.17, 15) is 46.6 Å². The van der Waals surface area contributed by atoms with Crippen molar-refractivity contribution in [3.05, 3.63) is 116 Å². The molecule has 0 aliphatic rings. The van der Waals surface area contributed by atoms with Crippen LogP contribution in [-0.4, -0.2) is 22.2 Å². The van der Waals surface area contributed by atoms with Crippen LogP contribution in [0.2, 0.25) is 0 Å². The summed E-state index contributed by atoms with van der Waals surface area (Å²) in [4.78, 5) is 20.3. The van der Waals surface area contributed by atoms with Gasteiger partial charge in [0.2, 0.25) is 5.41 Å². The first-order chi connectivity index (χ1) is 20.0. The third-order valence-electron chi connectivity index (χ3n) is 6.29. The molecule has 0 saturated carbocycles. The molecule has 0 saturated heterocycles. The number of hydrogen-bond donors (Lipinski definition) is 2. The lowest BCUT2D eigenvalue weighted by Gasteiger charge is -2.38. The lowest BCUT2D eigenvalue weighted by Crippen LogP contribution is -2.54. The van der Waals surface area contributed by atoms with Crippen LogP contribution < -0.4 is 20.9 Å². The number of nitrogens with two attached hydrogens (primary N) is 2. The molecule has 0 amide bonds. The molecule has 0 aromatic heterocycles. The van der Waals surface area contributed by atoms with Crippen LogP contribution in [0.3, 0.4) is 0 Å². The molecule has 4 aromatic rings. The summed E-state index contributed by atoms with van der Waals surface area (Å²) >= 11 is 0. The summed E-state index contributed by atoms with van der Waals surface area (Å²) in [5.41, 5.74) is 2.99. The van der Waals surface area contributed by atoms with Gasteiger partial charge < -0.3 is 20.9 Å². The lowest BCUT2D eigenvalue weighted by molar-refractivity contribution is -0.384. The van der Waals surface area contributed by atoms with Gasteiger partial charge in [0, 0.05) is 24.3 Å². The van der Waals surface area contributed by atoms with Crippen molar-refractivity contribution in [1.82, 2.24) is 0 Å². The Morgan fingerprint density at radius 3 is 1.09 bits per heavy atom. The molecule has 0 spiro atoms. The zero-order valence-electron chi connectivity index (χ0n) is 21.3. The molecule has 4 rings (SSSR count). The van der Waals surface area contributed by atoms with E-state index in [4.69, 9.17) is 20.9 Å². The second kappa shape index (κ2) is 11.0. The minimum Gasteiger partial charge on any atom is -0.457 e. The second-order valence-corrected chi connectivity index (χ2v) is 8.95. The third kappa shape index (κ3) is 5.79. The van der Waals surface area contributed by atoms with Crippen molar-refractivity contribution in [2.24, 2.45) is 0 Å². The monoisotopic (exact) mass is 608 g/mol. The summed E-state index contributed by atoms with van der Waals surface area (Å²) in [6.45, 7) is 0. The maximum absolute atomic E-state index is 14.5. The molecule has 16 heteroatoms. The van der Waals surface area contributed by atoms with E-state index >= 15 is 0 Å². The summed E-state index contributed by atoms with van der Waals surface area (Å²) in [6.07, 6.45) is -11.7. The van der Waals surface area contributed by atoms with Crippen LogP contribution in [0.5, 0.6) is 23.0 Å². The van der Waals surface area contributed by atoms with E-state index in [1.54, 1.807) is 0 Å². The molecule has 0 unspecified atom stereocenters. The maximum Gasteiger partial charge on any atom is 0.411 e. The van der Waals surface area contributed by atoms with Gasteiger partial charge in [-0.25, -0.2) is 0 Å². The molecule has 0 bridgehead atoms. The summed E-state index contributed by atoms with van der Waals surface area (Å²) in [7, 11) is 0. The van der Waals surface area contributed by atoms with Gasteiger partial charge >= 0.3 is 12.4 Å². The summed E-state index contributed by atoms with van der Waals surface area (Å²) in [5.74, 6) is -0.416. The van der Waals surface area contributed by atoms with E-state index < -0.39 is 50.1 Å². The van der Waals surface area contributed by atoms with Crippen molar-refractivity contribution >= 4 is 22.7 Å². The van der Waals surface area contributed by atoms with Crippen LogP contribution in [0.1, 0.15) is 11.1 Å². The van der Waals surface area contributed by atoms with Gasteiger partial charge in [-0.1, -0.05) is 24.3 Å². The number of rotatable bonds is 8. The van der Waals surface area contributed by atoms with Crippen LogP contribution in [0.25, 0.3) is 0 Å². The minimum absolute atomic E-state index is 0.0425. The number of anilines is 2. The Labute approximate surface area is 237 Å². The Morgan fingerprint density at radius 2 is 0.837 bits per heavy atom. The van der Waals surface area contributed by atoms with Gasteiger partial charge in [-0.15, -0.1) is 0 Å². The average Bonchev–Trinajstić information content (AvgIpc) is 2.89. The van der Waals surface area contributed by atoms with Gasteiger partial charge in [0.15, 0.2) is 0 Å². The number of hydrogen-bond acceptors (Lipinski definition) is 8. The van der Waals surface area contributed by atoms with Gasteiger partial charge in [0.1, 0.15) is 34.4 Å². The standard InChI is InChI=1S/C27H18F6N4O6/c28-26(29,30)25(27(31,32)33,15-1-5-17(6-2-15)42-19-9-11-23(36(38)39)21(34)13-19)16-3-7-18(8-4-16)43-20-10-12-24(37(40)41)22(35)14-20/h1-14H,34-35H2. The summed E-state index contributed by atoms with van der Waals surface area (Å²) in [5, 5.41) is 21.8. The molecule has 4 N–H and O–H groups in total. The molecule has 0 aliphatic heterocycles. The summed E-state index contributed by atoms with van der Waals surface area (Å²) < 4.78 is 97.9. The third-order valence-corrected chi connectivity index (χ3v) is 6.29. The zero-order chi connectivity index (χ0) is 31.7. The van der Waals surface area contributed by atoms with Crippen molar-refractivity contribution in [3.8, 4) is 23.0 Å². The highest BCUT2D eigenvalue weighted by Gasteiger charge is 2.72. The first kappa shape index (κ1) is 30.4. The van der Waals surface area contributed by atoms with Gasteiger partial charge in [0.05, 0.1) is 9.85 Å². The van der Waals surface area contributed by atoms with E-state index in [1.165, 1.54) is 0 Å². The molecule has 10 nitrogen and oxygen atoms in total. The van der Waals surface area contributed by atoms with Crippen LogP contribution in [0, 0.1) is 20.2 Å². The smallest absolute Gasteiger partial charge is 0.411 e. The van der Waals surface area contributed by atoms with Gasteiger partial charge in [-0.05, 0) is 47.5 Å². The van der Waals surface area contributed by atoms with E-state index in [1.807, 2.05) is 0 Å².